The molecule has 0 aliphatic carbocycles. The Hall–Kier alpha value is -0.865. The summed E-state index contributed by atoms with van der Waals surface area (Å²) in [7, 11) is -0.752. The molecule has 17 heavy (non-hydrogen) atoms. The summed E-state index contributed by atoms with van der Waals surface area (Å²) in [6, 6.07) is 4.56. The van der Waals surface area contributed by atoms with Crippen LogP contribution in [0.3, 0.4) is 0 Å². The second-order valence-corrected chi connectivity index (χ2v) is 5.16. The largest absolute Gasteiger partial charge is 0.514 e. The van der Waals surface area contributed by atoms with Gasteiger partial charge in [-0.25, -0.2) is 0 Å². The van der Waals surface area contributed by atoms with Gasteiger partial charge in [-0.15, -0.1) is 0 Å². The molecule has 0 radical (unpaired) electrons. The van der Waals surface area contributed by atoms with Gasteiger partial charge in [-0.3, -0.25) is 4.98 Å². The molecule has 2 heterocycles. The summed E-state index contributed by atoms with van der Waals surface area (Å²) in [5.41, 5.74) is -0.874. The minimum atomic E-state index is -2.80. The molecule has 0 aromatic carbocycles. The molecular weight excluding hydrogens is 213 g/mol. The number of nitrogens with zero attached hydrogens (tertiary/aromatic N) is 1. The zero-order valence-electron chi connectivity index (χ0n) is 15.6. The summed E-state index contributed by atoms with van der Waals surface area (Å²) in [5.74, 6) is 0. The van der Waals surface area contributed by atoms with Crippen molar-refractivity contribution >= 4 is 12.7 Å². The Morgan fingerprint density at radius 3 is 2.53 bits per heavy atom. The average Bonchev–Trinajstić information content (AvgIpc) is 2.57. The second kappa shape index (κ2) is 4.11. The van der Waals surface area contributed by atoms with Crippen molar-refractivity contribution < 1.29 is 16.2 Å². The van der Waals surface area contributed by atoms with Crippen LogP contribution in [-0.4, -0.2) is 23.3 Å². The lowest BCUT2D eigenvalue weighted by Crippen LogP contribution is -2.41. The molecule has 1 aliphatic heterocycles. The number of hydrogen-bond acceptors (Lipinski definition) is 3. The van der Waals surface area contributed by atoms with Crippen LogP contribution in [0.15, 0.2) is 18.2 Å². The number of aromatic nitrogens is 1. The molecule has 0 bridgehead atoms. The first-order chi connectivity index (χ1) is 9.78. The van der Waals surface area contributed by atoms with E-state index in [1.165, 1.54) is 6.07 Å². The van der Waals surface area contributed by atoms with Gasteiger partial charge in [-0.1, -0.05) is 12.9 Å². The lowest BCUT2D eigenvalue weighted by atomic mass is 9.84. The molecule has 1 aromatic heterocycles. The summed E-state index contributed by atoms with van der Waals surface area (Å²) in [6.07, 6.45) is -2.54. The van der Waals surface area contributed by atoms with Crippen LogP contribution in [0.25, 0.3) is 0 Å². The van der Waals surface area contributed by atoms with Crippen molar-refractivity contribution in [3.05, 3.63) is 23.9 Å². The highest BCUT2D eigenvalue weighted by molar-refractivity contribution is 6.61. The first-order valence-corrected chi connectivity index (χ1v) is 5.61. The van der Waals surface area contributed by atoms with Crippen molar-refractivity contribution in [1.82, 2.24) is 4.98 Å². The molecule has 1 saturated heterocycles. The maximum atomic E-state index is 7.80. The Bertz CT molecular complexity index is 558. The maximum absolute atomic E-state index is 7.80. The predicted molar refractivity (Wildman–Crippen MR) is 69.3 cm³/mol. The van der Waals surface area contributed by atoms with E-state index in [-0.39, 0.29) is 5.69 Å². The van der Waals surface area contributed by atoms with E-state index in [0.29, 0.717) is 5.59 Å². The third kappa shape index (κ3) is 2.24. The fraction of sp³-hybridized carbons (Fsp3) is 0.615. The van der Waals surface area contributed by atoms with Crippen LogP contribution < -0.4 is 5.59 Å². The van der Waals surface area contributed by atoms with Crippen molar-refractivity contribution in [1.29, 1.82) is 0 Å². The van der Waals surface area contributed by atoms with Crippen molar-refractivity contribution in [2.45, 2.75) is 52.1 Å². The SMILES string of the molecule is [2H]C([2H])([2H])C([2H])([2H])c1cccc(B2OC(C)(C)C(C)(C)O2)n1. The van der Waals surface area contributed by atoms with Crippen LogP contribution in [-0.2, 0) is 15.7 Å². The van der Waals surface area contributed by atoms with Gasteiger partial charge >= 0.3 is 7.12 Å². The fourth-order valence-corrected chi connectivity index (χ4v) is 1.62. The summed E-state index contributed by atoms with van der Waals surface area (Å²) in [6.45, 7) is 4.81. The van der Waals surface area contributed by atoms with Gasteiger partial charge in [-0.05, 0) is 46.2 Å². The fourth-order valence-electron chi connectivity index (χ4n) is 1.62. The molecular formula is C13H20BNO2. The van der Waals surface area contributed by atoms with Gasteiger partial charge in [0.25, 0.3) is 0 Å². The van der Waals surface area contributed by atoms with E-state index in [2.05, 4.69) is 4.98 Å². The van der Waals surface area contributed by atoms with Crippen molar-refractivity contribution in [2.75, 3.05) is 0 Å². The van der Waals surface area contributed by atoms with Crippen molar-refractivity contribution in [3.63, 3.8) is 0 Å². The van der Waals surface area contributed by atoms with Gasteiger partial charge in [0.1, 0.15) is 0 Å². The van der Waals surface area contributed by atoms with Gasteiger partial charge in [0.15, 0.2) is 0 Å². The number of hydrogen-bond donors (Lipinski definition) is 0. The van der Waals surface area contributed by atoms with Gasteiger partial charge in [0.2, 0.25) is 0 Å². The normalized spacial score (nSPS) is 27.8. The summed E-state index contributed by atoms with van der Waals surface area (Å²) in [5, 5.41) is 0. The smallest absolute Gasteiger partial charge is 0.398 e. The second-order valence-electron chi connectivity index (χ2n) is 5.16. The van der Waals surface area contributed by atoms with Crippen molar-refractivity contribution in [2.24, 2.45) is 0 Å². The van der Waals surface area contributed by atoms with Crippen LogP contribution >= 0.6 is 0 Å². The molecule has 0 atom stereocenters. The minimum Gasteiger partial charge on any atom is -0.398 e. The van der Waals surface area contributed by atoms with Crippen molar-refractivity contribution in [3.8, 4) is 0 Å². The summed E-state index contributed by atoms with van der Waals surface area (Å²) in [4.78, 5) is 4.14. The first kappa shape index (κ1) is 7.54. The molecule has 4 heteroatoms. The molecule has 1 fully saturated rings. The van der Waals surface area contributed by atoms with Crippen LogP contribution in [0, 0.1) is 0 Å². The highest BCUT2D eigenvalue weighted by Gasteiger charge is 2.52. The summed E-state index contributed by atoms with van der Waals surface area (Å²) >= 11 is 0. The molecule has 92 valence electrons. The molecule has 0 saturated carbocycles. The monoisotopic (exact) mass is 238 g/mol. The zero-order chi connectivity index (χ0) is 17.0. The lowest BCUT2D eigenvalue weighted by molar-refractivity contribution is 0.00578. The van der Waals surface area contributed by atoms with E-state index < -0.39 is 31.5 Å². The van der Waals surface area contributed by atoms with Crippen LogP contribution in [0.2, 0.25) is 0 Å². The van der Waals surface area contributed by atoms with Crippen LogP contribution in [0.5, 0.6) is 0 Å². The Morgan fingerprint density at radius 1 is 1.29 bits per heavy atom. The maximum Gasteiger partial charge on any atom is 0.514 e. The Kier molecular flexibility index (Phi) is 1.82. The average molecular weight is 238 g/mol. The van der Waals surface area contributed by atoms with Gasteiger partial charge in [-0.2, -0.15) is 0 Å². The topological polar surface area (TPSA) is 31.4 Å². The number of aryl methyl sites for hydroxylation is 1. The third-order valence-corrected chi connectivity index (χ3v) is 3.39. The highest BCUT2D eigenvalue weighted by Crippen LogP contribution is 2.36. The Labute approximate surface area is 111 Å². The Balaban J connectivity index is 2.35. The molecule has 0 unspecified atom stereocenters. The standard InChI is InChI=1S/C13H20BNO2/c1-6-10-8-7-9-11(15-10)14-16-12(2,3)13(4,5)17-14/h7-9H,6H2,1-5H3/i1D3,6D2. The van der Waals surface area contributed by atoms with E-state index in [4.69, 9.17) is 16.2 Å². The molecule has 0 N–H and O–H groups in total. The molecule has 2 rings (SSSR count). The molecule has 1 aliphatic rings. The molecule has 1 aromatic rings. The minimum absolute atomic E-state index is 0.153. The molecule has 0 spiro atoms. The first-order valence-electron chi connectivity index (χ1n) is 8.11. The summed E-state index contributed by atoms with van der Waals surface area (Å²) < 4.78 is 49.3. The predicted octanol–water partition coefficient (Wildman–Crippen LogP) is 1.94. The van der Waals surface area contributed by atoms with Gasteiger partial charge in [0, 0.05) is 12.5 Å². The Morgan fingerprint density at radius 2 is 1.94 bits per heavy atom. The number of pyridine rings is 1. The van der Waals surface area contributed by atoms with E-state index in [9.17, 15) is 0 Å². The highest BCUT2D eigenvalue weighted by atomic mass is 16.7. The van der Waals surface area contributed by atoms with E-state index in [1.54, 1.807) is 12.1 Å². The molecule has 0 amide bonds. The van der Waals surface area contributed by atoms with Crippen LogP contribution in [0.4, 0.5) is 0 Å². The third-order valence-electron chi connectivity index (χ3n) is 3.39. The van der Waals surface area contributed by atoms with Gasteiger partial charge < -0.3 is 9.31 Å². The van der Waals surface area contributed by atoms with Crippen LogP contribution in [0.1, 0.15) is 47.1 Å². The lowest BCUT2D eigenvalue weighted by Gasteiger charge is -2.32. The van der Waals surface area contributed by atoms with E-state index >= 15 is 0 Å². The van der Waals surface area contributed by atoms with E-state index in [0.717, 1.165) is 0 Å². The zero-order valence-corrected chi connectivity index (χ0v) is 10.6. The quantitative estimate of drug-likeness (QED) is 0.738. The van der Waals surface area contributed by atoms with Gasteiger partial charge in [0.05, 0.1) is 16.8 Å². The van der Waals surface area contributed by atoms with E-state index in [1.807, 2.05) is 27.7 Å². The number of rotatable bonds is 2. The molecule has 3 nitrogen and oxygen atoms in total.